The zero-order valence-electron chi connectivity index (χ0n) is 21.7. The average molecular weight is 552 g/mol. The van der Waals surface area contributed by atoms with Crippen molar-refractivity contribution in [1.82, 2.24) is 10.6 Å². The summed E-state index contributed by atoms with van der Waals surface area (Å²) in [6, 6.07) is 15.7. The number of esters is 1. The summed E-state index contributed by atoms with van der Waals surface area (Å²) in [5, 5.41) is 5.13. The fraction of sp³-hybridized carbons (Fsp3) is 0.241. The Labute approximate surface area is 229 Å². The molecule has 0 saturated heterocycles. The Morgan fingerprint density at radius 2 is 1.65 bits per heavy atom. The maximum atomic E-state index is 13.9. The lowest BCUT2D eigenvalue weighted by atomic mass is 10.0. The molecule has 3 amide bonds. The van der Waals surface area contributed by atoms with Crippen LogP contribution in [0.5, 0.6) is 5.75 Å². The molecule has 1 aliphatic rings. The van der Waals surface area contributed by atoms with E-state index in [2.05, 4.69) is 10.6 Å². The van der Waals surface area contributed by atoms with E-state index in [1.54, 1.807) is 54.6 Å². The fourth-order valence-corrected chi connectivity index (χ4v) is 4.33. The lowest BCUT2D eigenvalue weighted by molar-refractivity contribution is -0.140. The summed E-state index contributed by atoms with van der Waals surface area (Å²) in [6.45, 7) is 0.972. The topological polar surface area (TPSA) is 114 Å². The molecule has 1 heterocycles. The normalized spacial score (nSPS) is 17.1. The van der Waals surface area contributed by atoms with Crippen LogP contribution in [0, 0.1) is 11.6 Å². The van der Waals surface area contributed by atoms with Crippen LogP contribution in [-0.4, -0.2) is 49.4 Å². The monoisotopic (exact) mass is 551 g/mol. The van der Waals surface area contributed by atoms with Crippen molar-refractivity contribution in [3.63, 3.8) is 0 Å². The number of methoxy groups -OCH3 is 1. The Morgan fingerprint density at radius 3 is 2.33 bits per heavy atom. The van der Waals surface area contributed by atoms with E-state index in [-0.39, 0.29) is 12.0 Å². The van der Waals surface area contributed by atoms with Gasteiger partial charge in [-0.3, -0.25) is 24.1 Å². The van der Waals surface area contributed by atoms with Gasteiger partial charge in [-0.15, -0.1) is 0 Å². The highest BCUT2D eigenvalue weighted by Gasteiger charge is 2.41. The van der Waals surface area contributed by atoms with Crippen LogP contribution in [0.15, 0.2) is 72.8 Å². The Morgan fingerprint density at radius 1 is 1.00 bits per heavy atom. The van der Waals surface area contributed by atoms with Crippen molar-refractivity contribution in [2.45, 2.75) is 31.5 Å². The second-order valence-corrected chi connectivity index (χ2v) is 9.15. The highest BCUT2D eigenvalue weighted by atomic mass is 19.1. The quantitative estimate of drug-likeness (QED) is 0.417. The molecule has 4 rings (SSSR count). The second-order valence-electron chi connectivity index (χ2n) is 9.15. The van der Waals surface area contributed by atoms with E-state index in [9.17, 15) is 28.0 Å². The molecule has 3 aromatic rings. The van der Waals surface area contributed by atoms with Crippen LogP contribution >= 0.6 is 0 Å². The Hall–Kier alpha value is -4.80. The van der Waals surface area contributed by atoms with Crippen LogP contribution in [0.3, 0.4) is 0 Å². The van der Waals surface area contributed by atoms with Crippen LogP contribution in [-0.2, 0) is 30.3 Å². The first-order chi connectivity index (χ1) is 19.2. The maximum Gasteiger partial charge on any atom is 0.325 e. The summed E-state index contributed by atoms with van der Waals surface area (Å²) in [5.41, 5.74) is 0.996. The van der Waals surface area contributed by atoms with Crippen molar-refractivity contribution in [3.05, 3.63) is 95.6 Å². The number of carbonyl (C=O) groups excluding carboxylic acids is 4. The number of para-hydroxylation sites is 2. The van der Waals surface area contributed by atoms with Crippen molar-refractivity contribution < 1.29 is 37.4 Å². The van der Waals surface area contributed by atoms with Gasteiger partial charge in [-0.1, -0.05) is 42.5 Å². The molecule has 0 saturated carbocycles. The summed E-state index contributed by atoms with van der Waals surface area (Å²) in [7, 11) is 1.20. The summed E-state index contributed by atoms with van der Waals surface area (Å²) < 4.78 is 38.0. The molecule has 0 aromatic heterocycles. The molecule has 1 aliphatic heterocycles. The van der Waals surface area contributed by atoms with Crippen LogP contribution in [0.1, 0.15) is 24.2 Å². The van der Waals surface area contributed by atoms with Gasteiger partial charge in [-0.25, -0.2) is 8.78 Å². The van der Waals surface area contributed by atoms with Gasteiger partial charge >= 0.3 is 5.97 Å². The number of nitrogens with zero attached hydrogens (tertiary/aromatic N) is 1. The number of hydrogen-bond donors (Lipinski definition) is 2. The number of anilines is 1. The van der Waals surface area contributed by atoms with Gasteiger partial charge in [-0.2, -0.15) is 0 Å². The van der Waals surface area contributed by atoms with Crippen LogP contribution < -0.4 is 20.3 Å². The molecule has 2 N–H and O–H groups in total. The number of ether oxygens (including phenoxy) is 2. The predicted octanol–water partition coefficient (Wildman–Crippen LogP) is 2.84. The van der Waals surface area contributed by atoms with Crippen LogP contribution in [0.25, 0.3) is 0 Å². The summed E-state index contributed by atoms with van der Waals surface area (Å²) >= 11 is 0. The first kappa shape index (κ1) is 28.2. The molecule has 9 nitrogen and oxygen atoms in total. The smallest absolute Gasteiger partial charge is 0.325 e. The molecule has 0 bridgehead atoms. The van der Waals surface area contributed by atoms with Crippen LogP contribution in [0.2, 0.25) is 0 Å². The number of halogens is 2. The zero-order valence-corrected chi connectivity index (χ0v) is 21.7. The third-order valence-corrected chi connectivity index (χ3v) is 6.24. The van der Waals surface area contributed by atoms with Crippen LogP contribution in [0.4, 0.5) is 14.5 Å². The number of hydrogen-bond acceptors (Lipinski definition) is 6. The van der Waals surface area contributed by atoms with E-state index in [4.69, 9.17) is 9.47 Å². The van der Waals surface area contributed by atoms with Gasteiger partial charge in [0.15, 0.2) is 6.10 Å². The molecule has 0 radical (unpaired) electrons. The van der Waals surface area contributed by atoms with E-state index >= 15 is 0 Å². The van der Waals surface area contributed by atoms with Crippen molar-refractivity contribution in [2.24, 2.45) is 0 Å². The summed E-state index contributed by atoms with van der Waals surface area (Å²) in [5.74, 6) is -4.03. The number of fused-ring (bicyclic) bond motifs is 1. The lowest BCUT2D eigenvalue weighted by Gasteiger charge is -2.28. The van der Waals surface area contributed by atoms with Crippen molar-refractivity contribution >= 4 is 29.4 Å². The van der Waals surface area contributed by atoms with Crippen molar-refractivity contribution in [2.75, 3.05) is 18.6 Å². The second kappa shape index (κ2) is 12.4. The summed E-state index contributed by atoms with van der Waals surface area (Å²) in [4.78, 5) is 53.0. The number of amides is 3. The van der Waals surface area contributed by atoms with Crippen molar-refractivity contribution in [3.8, 4) is 5.75 Å². The molecular formula is C29H27F2N3O6. The van der Waals surface area contributed by atoms with Crippen molar-refractivity contribution in [1.29, 1.82) is 0 Å². The predicted molar refractivity (Wildman–Crippen MR) is 140 cm³/mol. The number of benzene rings is 3. The molecule has 11 heteroatoms. The standard InChI is InChI=1S/C29H27F2N3O6/c1-17(32-24(35)14-18-12-20(30)15-21(31)13-18)28(37)33-26-27(19-8-4-3-5-9-19)40-23-11-7-6-10-22(23)34(29(26)38)16-25(36)39-2/h3-13,15,17,26-27H,14,16H2,1-2H3,(H,32,35)(H,33,37)/t17-,26-,27+/m0/s1. The maximum absolute atomic E-state index is 13.9. The molecule has 0 aliphatic carbocycles. The molecule has 0 fully saturated rings. The fourth-order valence-electron chi connectivity index (χ4n) is 4.33. The SMILES string of the molecule is COC(=O)CN1C(=O)[C@@H](NC(=O)[C@H](C)NC(=O)Cc2cc(F)cc(F)c2)[C@@H](c2ccccc2)Oc2ccccc21. The molecule has 3 atom stereocenters. The van der Waals surface area contributed by atoms with Gasteiger partial charge in [0.2, 0.25) is 11.8 Å². The van der Waals surface area contributed by atoms with Gasteiger partial charge in [-0.05, 0) is 42.3 Å². The van der Waals surface area contributed by atoms with Gasteiger partial charge in [0.1, 0.15) is 36.0 Å². The Bertz CT molecular complexity index is 1400. The first-order valence-corrected chi connectivity index (χ1v) is 12.4. The number of nitrogens with one attached hydrogen (secondary N) is 2. The van der Waals surface area contributed by atoms with E-state index in [1.807, 2.05) is 0 Å². The minimum Gasteiger partial charge on any atom is -0.481 e. The number of carbonyl (C=O) groups is 4. The minimum atomic E-state index is -1.30. The van der Waals surface area contributed by atoms with E-state index in [0.29, 0.717) is 23.1 Å². The van der Waals surface area contributed by atoms with E-state index in [1.165, 1.54) is 18.9 Å². The third-order valence-electron chi connectivity index (χ3n) is 6.24. The lowest BCUT2D eigenvalue weighted by Crippen LogP contribution is -2.56. The third kappa shape index (κ3) is 6.60. The first-order valence-electron chi connectivity index (χ1n) is 12.4. The molecule has 40 heavy (non-hydrogen) atoms. The zero-order chi connectivity index (χ0) is 28.8. The highest BCUT2D eigenvalue weighted by molar-refractivity contribution is 6.04. The minimum absolute atomic E-state index is 0.0929. The van der Waals surface area contributed by atoms with Gasteiger partial charge in [0.05, 0.1) is 19.2 Å². The van der Waals surface area contributed by atoms with Gasteiger partial charge in [0, 0.05) is 6.07 Å². The number of rotatable bonds is 8. The highest BCUT2D eigenvalue weighted by Crippen LogP contribution is 2.37. The average Bonchev–Trinajstić information content (AvgIpc) is 3.03. The molecule has 3 aromatic carbocycles. The molecule has 208 valence electrons. The van der Waals surface area contributed by atoms with Gasteiger partial charge in [0.25, 0.3) is 5.91 Å². The van der Waals surface area contributed by atoms with E-state index in [0.717, 1.165) is 12.1 Å². The Kier molecular flexibility index (Phi) is 8.73. The molecule has 0 unspecified atom stereocenters. The summed E-state index contributed by atoms with van der Waals surface area (Å²) in [6.07, 6.45) is -1.35. The van der Waals surface area contributed by atoms with E-state index < -0.39 is 60.1 Å². The molecule has 0 spiro atoms. The van der Waals surface area contributed by atoms with Gasteiger partial charge < -0.3 is 20.1 Å². The Balaban J connectivity index is 1.59. The largest absolute Gasteiger partial charge is 0.481 e. The molecular weight excluding hydrogens is 524 g/mol.